The van der Waals surface area contributed by atoms with Crippen LogP contribution in [0.5, 0.6) is 11.8 Å². The molecule has 0 bridgehead atoms. The topological polar surface area (TPSA) is 111 Å². The number of piperidine rings is 2. The van der Waals surface area contributed by atoms with Gasteiger partial charge in [-0.1, -0.05) is 36.4 Å². The zero-order chi connectivity index (χ0) is 36.5. The summed E-state index contributed by atoms with van der Waals surface area (Å²) in [6, 6.07) is 33.5. The van der Waals surface area contributed by atoms with Crippen LogP contribution in [0.2, 0.25) is 0 Å². The number of aryl methyl sites for hydroxylation is 2. The summed E-state index contributed by atoms with van der Waals surface area (Å²) in [5, 5.41) is 7.84. The molecule has 0 aromatic carbocycles. The Bertz CT molecular complexity index is 2110. The number of nitrogens with one attached hydrogen (secondary N) is 2. The van der Waals surface area contributed by atoms with Gasteiger partial charge in [0.2, 0.25) is 11.8 Å². The van der Waals surface area contributed by atoms with E-state index in [1.807, 2.05) is 61.1 Å². The molecule has 2 fully saturated rings. The summed E-state index contributed by atoms with van der Waals surface area (Å²) in [5.41, 5.74) is 9.06. The van der Waals surface area contributed by atoms with Crippen molar-refractivity contribution in [2.75, 3.05) is 0 Å². The van der Waals surface area contributed by atoms with Gasteiger partial charge in [-0.15, -0.1) is 0 Å². The molecule has 54 heavy (non-hydrogen) atoms. The summed E-state index contributed by atoms with van der Waals surface area (Å²) in [7, 11) is 0. The first-order chi connectivity index (χ1) is 26.7. The van der Waals surface area contributed by atoms with E-state index in [4.69, 9.17) is 24.7 Å². The first-order valence-corrected chi connectivity index (χ1v) is 19.5. The maximum absolute atomic E-state index is 5.98. The molecule has 6 aromatic heterocycles. The predicted molar refractivity (Wildman–Crippen MR) is 210 cm³/mol. The van der Waals surface area contributed by atoms with Crippen LogP contribution in [-0.4, -0.2) is 29.9 Å². The molecule has 0 aliphatic carbocycles. The van der Waals surface area contributed by atoms with Gasteiger partial charge in [-0.3, -0.25) is 19.9 Å². The number of ether oxygens (including phenoxy) is 1. The molecule has 5 atom stereocenters. The van der Waals surface area contributed by atoms with Crippen molar-refractivity contribution in [3.05, 3.63) is 167 Å². The fourth-order valence-electron chi connectivity index (χ4n) is 8.14. The van der Waals surface area contributed by atoms with Crippen LogP contribution in [0.25, 0.3) is 0 Å². The highest BCUT2D eigenvalue weighted by molar-refractivity contribution is 5.30. The van der Waals surface area contributed by atoms with Crippen molar-refractivity contribution in [3.63, 3.8) is 0 Å². The highest BCUT2D eigenvalue weighted by Crippen LogP contribution is 2.37. The zero-order valence-corrected chi connectivity index (χ0v) is 30.9. The van der Waals surface area contributed by atoms with Crippen molar-refractivity contribution in [2.24, 2.45) is 0 Å². The highest BCUT2D eigenvalue weighted by Gasteiger charge is 2.29. The molecule has 2 saturated heterocycles. The Kier molecular flexibility index (Phi) is 11.3. The fraction of sp³-hybridized carbons (Fsp3) is 0.333. The summed E-state index contributed by atoms with van der Waals surface area (Å²) in [6.07, 6.45) is 16.5. The number of hydrogen-bond acceptors (Lipinski definition) is 9. The molecular weight excluding hydrogens is 669 g/mol. The minimum absolute atomic E-state index is 0.0888. The first-order valence-electron chi connectivity index (χ1n) is 19.5. The quantitative estimate of drug-likeness (QED) is 0.128. The molecule has 0 spiro atoms. The Hall–Kier alpha value is -5.38. The molecule has 274 valence electrons. The van der Waals surface area contributed by atoms with Gasteiger partial charge in [-0.05, 0) is 124 Å². The van der Waals surface area contributed by atoms with Crippen molar-refractivity contribution in [2.45, 2.75) is 94.8 Å². The minimum atomic E-state index is 0.0888. The van der Waals surface area contributed by atoms with Crippen LogP contribution in [0, 0.1) is 6.92 Å². The maximum atomic E-state index is 5.98. The third-order valence-corrected chi connectivity index (χ3v) is 10.9. The maximum Gasteiger partial charge on any atom is 0.221 e. The van der Waals surface area contributed by atoms with Crippen molar-refractivity contribution < 1.29 is 4.74 Å². The van der Waals surface area contributed by atoms with Crippen molar-refractivity contribution in [1.82, 2.24) is 40.5 Å². The molecule has 2 aliphatic rings. The van der Waals surface area contributed by atoms with Gasteiger partial charge in [0.1, 0.15) is 0 Å². The molecule has 2 aliphatic heterocycles. The van der Waals surface area contributed by atoms with Crippen LogP contribution in [0.4, 0.5) is 0 Å². The summed E-state index contributed by atoms with van der Waals surface area (Å²) < 4.78 is 5.98. The van der Waals surface area contributed by atoms with Gasteiger partial charge in [-0.25, -0.2) is 9.97 Å². The molecule has 8 heterocycles. The summed E-state index contributed by atoms with van der Waals surface area (Å²) in [5.74, 6) is 1.27. The van der Waals surface area contributed by atoms with E-state index in [0.29, 0.717) is 11.8 Å². The normalized spacial score (nSPS) is 20.6. The largest absolute Gasteiger partial charge is 0.421 e. The Labute approximate surface area is 318 Å². The predicted octanol–water partition coefficient (Wildman–Crippen LogP) is 9.23. The second-order valence-electron chi connectivity index (χ2n) is 14.6. The molecule has 9 heteroatoms. The van der Waals surface area contributed by atoms with Crippen LogP contribution in [0.3, 0.4) is 0 Å². The van der Waals surface area contributed by atoms with Crippen molar-refractivity contribution in [1.29, 1.82) is 0 Å². The van der Waals surface area contributed by atoms with E-state index in [2.05, 4.69) is 82.1 Å². The molecule has 1 unspecified atom stereocenters. The second-order valence-corrected chi connectivity index (χ2v) is 14.6. The van der Waals surface area contributed by atoms with Gasteiger partial charge in [-0.2, -0.15) is 0 Å². The lowest BCUT2D eigenvalue weighted by Gasteiger charge is -2.32. The minimum Gasteiger partial charge on any atom is -0.421 e. The number of aromatic nitrogens is 6. The second kappa shape index (κ2) is 17.2. The average molecular weight is 717 g/mol. The van der Waals surface area contributed by atoms with Crippen LogP contribution in [0.15, 0.2) is 122 Å². The summed E-state index contributed by atoms with van der Waals surface area (Å²) >= 11 is 0. The third kappa shape index (κ3) is 8.70. The third-order valence-electron chi connectivity index (χ3n) is 10.9. The number of rotatable bonds is 12. The van der Waals surface area contributed by atoms with E-state index < -0.39 is 0 Å². The van der Waals surface area contributed by atoms with Crippen molar-refractivity contribution >= 4 is 0 Å². The highest BCUT2D eigenvalue weighted by atomic mass is 16.5. The Morgan fingerprint density at radius 1 is 0.593 bits per heavy atom. The van der Waals surface area contributed by atoms with E-state index in [1.165, 1.54) is 11.1 Å². The Morgan fingerprint density at radius 2 is 1.24 bits per heavy atom. The first kappa shape index (κ1) is 35.6. The number of nitrogens with zero attached hydrogens (tertiary/aromatic N) is 6. The molecule has 8 rings (SSSR count). The lowest BCUT2D eigenvalue weighted by atomic mass is 9.86. The van der Waals surface area contributed by atoms with E-state index in [-0.39, 0.29) is 30.1 Å². The smallest absolute Gasteiger partial charge is 0.221 e. The summed E-state index contributed by atoms with van der Waals surface area (Å²) in [4.78, 5) is 29.1. The number of pyridine rings is 6. The fourth-order valence-corrected chi connectivity index (χ4v) is 8.14. The monoisotopic (exact) mass is 716 g/mol. The Morgan fingerprint density at radius 3 is 1.98 bits per heavy atom. The van der Waals surface area contributed by atoms with Crippen LogP contribution in [-0.2, 0) is 12.8 Å². The molecule has 9 nitrogen and oxygen atoms in total. The van der Waals surface area contributed by atoms with Gasteiger partial charge in [0.25, 0.3) is 0 Å². The molecular formula is C45H48N8O. The van der Waals surface area contributed by atoms with Gasteiger partial charge >= 0.3 is 0 Å². The summed E-state index contributed by atoms with van der Waals surface area (Å²) in [6.45, 7) is 2.16. The van der Waals surface area contributed by atoms with Gasteiger partial charge in [0.15, 0.2) is 0 Å². The molecule has 2 N–H and O–H groups in total. The number of hydrogen-bond donors (Lipinski definition) is 2. The Balaban J connectivity index is 1.03. The van der Waals surface area contributed by atoms with E-state index >= 15 is 0 Å². The SMILES string of the molecule is Cc1cccnc1[C@@H]1CCC[C@H](c2cccc(C(CCc3ccccn3)Cc3cccnc3[C@@H]3CCC[C@H](c4cccc(Oc5ccccn5)n4)N3)n2)N1. The molecule has 6 aromatic rings. The van der Waals surface area contributed by atoms with Gasteiger partial charge < -0.3 is 15.4 Å². The van der Waals surface area contributed by atoms with Crippen LogP contribution < -0.4 is 15.4 Å². The zero-order valence-electron chi connectivity index (χ0n) is 30.9. The van der Waals surface area contributed by atoms with Crippen LogP contribution in [0.1, 0.15) is 120 Å². The van der Waals surface area contributed by atoms with Crippen molar-refractivity contribution in [3.8, 4) is 11.8 Å². The molecule has 0 amide bonds. The molecule has 0 saturated carbocycles. The van der Waals surface area contributed by atoms with Gasteiger partial charge in [0.05, 0.1) is 40.9 Å². The standard InChI is InChI=1S/C45H48N8O/c1-31-12-10-28-48-44(31)40-20-7-17-37(51-40)36-16-6-15-35(50-36)32(24-25-34-14-2-4-26-46-34)30-33-13-11-29-49-45(33)41-21-8-18-38(52-41)39-19-9-23-43(53-39)54-42-22-3-5-27-47-42/h2-6,9-16,19,22-23,26-29,32,37-38,40-41,51-52H,7-8,17-18,20-21,24-25,30H2,1H3/t32?,37-,38-,40+,41+/m1/s1. The van der Waals surface area contributed by atoms with Gasteiger partial charge in [0, 0.05) is 60.3 Å². The van der Waals surface area contributed by atoms with E-state index in [9.17, 15) is 0 Å². The van der Waals surface area contributed by atoms with Crippen LogP contribution >= 0.6 is 0 Å². The average Bonchev–Trinajstić information content (AvgIpc) is 3.24. The molecule has 0 radical (unpaired) electrons. The lowest BCUT2D eigenvalue weighted by molar-refractivity contribution is 0.317. The van der Waals surface area contributed by atoms with E-state index in [0.717, 1.165) is 92.0 Å². The van der Waals surface area contributed by atoms with E-state index in [1.54, 1.807) is 6.20 Å². The lowest BCUT2D eigenvalue weighted by Crippen LogP contribution is -2.33.